The van der Waals surface area contributed by atoms with Gasteiger partial charge in [0, 0.05) is 49.0 Å². The smallest absolute Gasteiger partial charge is 0.253 e. The zero-order valence-corrected chi connectivity index (χ0v) is 15.6. The zero-order valence-electron chi connectivity index (χ0n) is 13.2. The number of nitrogens with zero attached hydrogens (tertiary/aromatic N) is 3. The van der Waals surface area contributed by atoms with E-state index < -0.39 is 0 Å². The van der Waals surface area contributed by atoms with Crippen molar-refractivity contribution in [2.75, 3.05) is 31.1 Å². The van der Waals surface area contributed by atoms with Gasteiger partial charge in [0.15, 0.2) is 0 Å². The highest BCUT2D eigenvalue weighted by Crippen LogP contribution is 2.17. The molecule has 0 unspecified atom stereocenters. The van der Waals surface area contributed by atoms with E-state index in [4.69, 9.17) is 5.73 Å². The van der Waals surface area contributed by atoms with Crippen LogP contribution in [0.5, 0.6) is 0 Å². The van der Waals surface area contributed by atoms with Gasteiger partial charge in [-0.05, 0) is 45.8 Å². The fraction of sp³-hybridized carbons (Fsp3) is 0.294. The van der Waals surface area contributed by atoms with Crippen LogP contribution in [-0.4, -0.2) is 42.0 Å². The van der Waals surface area contributed by atoms with Crippen molar-refractivity contribution in [3.63, 3.8) is 0 Å². The van der Waals surface area contributed by atoms with Crippen molar-refractivity contribution >= 4 is 40.1 Å². The standard InChI is InChI=1S/C17H19BrN4O.ClH/c18-15-5-6-16(20-12-15)21-7-9-22(10-8-21)17(23)14-3-1-13(11-19)2-4-14;/h1-6,12H,7-11,19H2;1H. The van der Waals surface area contributed by atoms with E-state index in [0.29, 0.717) is 19.6 Å². The van der Waals surface area contributed by atoms with Crippen LogP contribution >= 0.6 is 28.3 Å². The second kappa shape index (κ2) is 8.46. The summed E-state index contributed by atoms with van der Waals surface area (Å²) in [7, 11) is 0. The summed E-state index contributed by atoms with van der Waals surface area (Å²) in [5.74, 6) is 1.03. The molecule has 128 valence electrons. The van der Waals surface area contributed by atoms with Gasteiger partial charge in [-0.25, -0.2) is 4.98 Å². The van der Waals surface area contributed by atoms with Crippen molar-refractivity contribution in [3.05, 3.63) is 58.2 Å². The third-order valence-corrected chi connectivity index (χ3v) is 4.51. The lowest BCUT2D eigenvalue weighted by atomic mass is 10.1. The van der Waals surface area contributed by atoms with Crippen LogP contribution in [0.15, 0.2) is 47.1 Å². The van der Waals surface area contributed by atoms with Gasteiger partial charge in [-0.3, -0.25) is 4.79 Å². The summed E-state index contributed by atoms with van der Waals surface area (Å²) in [6.45, 7) is 3.49. The summed E-state index contributed by atoms with van der Waals surface area (Å²) >= 11 is 3.39. The minimum atomic E-state index is 0. The molecular weight excluding hydrogens is 392 g/mol. The molecule has 0 aliphatic carbocycles. The average Bonchev–Trinajstić information content (AvgIpc) is 2.62. The molecule has 1 fully saturated rings. The number of carbonyl (C=O) groups excluding carboxylic acids is 1. The number of hydrogen-bond donors (Lipinski definition) is 1. The second-order valence-electron chi connectivity index (χ2n) is 5.51. The Kier molecular flexibility index (Phi) is 6.60. The van der Waals surface area contributed by atoms with Crippen LogP contribution in [0.25, 0.3) is 0 Å². The molecule has 2 heterocycles. The first kappa shape index (κ1) is 18.7. The van der Waals surface area contributed by atoms with Crippen molar-refractivity contribution in [1.82, 2.24) is 9.88 Å². The van der Waals surface area contributed by atoms with Crippen LogP contribution in [-0.2, 0) is 6.54 Å². The summed E-state index contributed by atoms with van der Waals surface area (Å²) in [5, 5.41) is 0. The summed E-state index contributed by atoms with van der Waals surface area (Å²) in [5.41, 5.74) is 7.34. The maximum absolute atomic E-state index is 12.5. The number of benzene rings is 1. The Hall–Kier alpha value is -1.63. The molecule has 0 saturated carbocycles. The lowest BCUT2D eigenvalue weighted by molar-refractivity contribution is 0.0746. The highest BCUT2D eigenvalue weighted by atomic mass is 79.9. The molecule has 1 aliphatic rings. The molecule has 7 heteroatoms. The highest BCUT2D eigenvalue weighted by molar-refractivity contribution is 9.10. The fourth-order valence-corrected chi connectivity index (χ4v) is 2.89. The predicted octanol–water partition coefficient (Wildman–Crippen LogP) is 2.69. The quantitative estimate of drug-likeness (QED) is 0.843. The monoisotopic (exact) mass is 410 g/mol. The van der Waals surface area contributed by atoms with Gasteiger partial charge in [0.2, 0.25) is 0 Å². The third-order valence-electron chi connectivity index (χ3n) is 4.04. The van der Waals surface area contributed by atoms with Gasteiger partial charge in [0.25, 0.3) is 5.91 Å². The molecule has 3 rings (SSSR count). The molecule has 5 nitrogen and oxygen atoms in total. The van der Waals surface area contributed by atoms with E-state index in [1.165, 1.54) is 0 Å². The number of hydrogen-bond acceptors (Lipinski definition) is 4. The first-order valence-electron chi connectivity index (χ1n) is 7.62. The van der Waals surface area contributed by atoms with Crippen molar-refractivity contribution < 1.29 is 4.79 Å². The Morgan fingerprint density at radius 1 is 1.08 bits per heavy atom. The van der Waals surface area contributed by atoms with E-state index in [2.05, 4.69) is 25.8 Å². The summed E-state index contributed by atoms with van der Waals surface area (Å²) < 4.78 is 0.969. The number of carbonyl (C=O) groups is 1. The number of rotatable bonds is 3. The molecule has 1 aromatic carbocycles. The van der Waals surface area contributed by atoms with Crippen LogP contribution in [0, 0.1) is 0 Å². The van der Waals surface area contributed by atoms with Crippen molar-refractivity contribution in [3.8, 4) is 0 Å². The van der Waals surface area contributed by atoms with Crippen molar-refractivity contribution in [2.45, 2.75) is 6.54 Å². The van der Waals surface area contributed by atoms with E-state index >= 15 is 0 Å². The van der Waals surface area contributed by atoms with Crippen LogP contribution < -0.4 is 10.6 Å². The fourth-order valence-electron chi connectivity index (χ4n) is 2.66. The van der Waals surface area contributed by atoms with Gasteiger partial charge in [-0.15, -0.1) is 12.4 Å². The highest BCUT2D eigenvalue weighted by Gasteiger charge is 2.22. The van der Waals surface area contributed by atoms with E-state index in [-0.39, 0.29) is 18.3 Å². The third kappa shape index (κ3) is 4.26. The first-order chi connectivity index (χ1) is 11.2. The molecule has 2 aromatic rings. The Bertz CT molecular complexity index is 670. The lowest BCUT2D eigenvalue weighted by Gasteiger charge is -2.35. The maximum atomic E-state index is 12.5. The zero-order chi connectivity index (χ0) is 16.2. The van der Waals surface area contributed by atoms with Gasteiger partial charge >= 0.3 is 0 Å². The SMILES string of the molecule is Cl.NCc1ccc(C(=O)N2CCN(c3ccc(Br)cn3)CC2)cc1. The number of nitrogens with two attached hydrogens (primary N) is 1. The summed E-state index contributed by atoms with van der Waals surface area (Å²) in [6.07, 6.45) is 1.80. The van der Waals surface area contributed by atoms with Gasteiger partial charge in [-0.1, -0.05) is 12.1 Å². The van der Waals surface area contributed by atoms with Gasteiger partial charge in [0.05, 0.1) is 0 Å². The minimum Gasteiger partial charge on any atom is -0.353 e. The number of aromatic nitrogens is 1. The number of amides is 1. The topological polar surface area (TPSA) is 62.5 Å². The average molecular weight is 412 g/mol. The minimum absolute atomic E-state index is 0. The number of halogens is 2. The van der Waals surface area contributed by atoms with Crippen LogP contribution in [0.2, 0.25) is 0 Å². The molecule has 1 aliphatic heterocycles. The van der Waals surface area contributed by atoms with E-state index in [9.17, 15) is 4.79 Å². The molecule has 2 N–H and O–H groups in total. The Labute approximate surface area is 156 Å². The normalized spacial score (nSPS) is 14.2. The number of pyridine rings is 1. The summed E-state index contributed by atoms with van der Waals surface area (Å²) in [4.78, 5) is 21.1. The molecule has 1 amide bonds. The van der Waals surface area contributed by atoms with Crippen molar-refractivity contribution in [2.24, 2.45) is 5.73 Å². The van der Waals surface area contributed by atoms with Crippen LogP contribution in [0.3, 0.4) is 0 Å². The predicted molar refractivity (Wildman–Crippen MR) is 102 cm³/mol. The molecule has 0 atom stereocenters. The Balaban J connectivity index is 0.00000208. The van der Waals surface area contributed by atoms with Crippen molar-refractivity contribution in [1.29, 1.82) is 0 Å². The maximum Gasteiger partial charge on any atom is 0.253 e. The molecule has 24 heavy (non-hydrogen) atoms. The molecule has 1 aromatic heterocycles. The molecule has 0 radical (unpaired) electrons. The van der Waals surface area contributed by atoms with Gasteiger partial charge < -0.3 is 15.5 Å². The first-order valence-corrected chi connectivity index (χ1v) is 8.41. The van der Waals surface area contributed by atoms with Gasteiger partial charge in [0.1, 0.15) is 5.82 Å². The summed E-state index contributed by atoms with van der Waals surface area (Å²) in [6, 6.07) is 11.5. The number of piperazine rings is 1. The van der Waals surface area contributed by atoms with Gasteiger partial charge in [-0.2, -0.15) is 0 Å². The van der Waals surface area contributed by atoms with Crippen LogP contribution in [0.4, 0.5) is 5.82 Å². The molecule has 1 saturated heterocycles. The van der Waals surface area contributed by atoms with E-state index in [0.717, 1.165) is 34.5 Å². The molecular formula is C17H20BrClN4O. The number of anilines is 1. The Morgan fingerprint density at radius 3 is 2.29 bits per heavy atom. The molecule has 0 bridgehead atoms. The molecule has 0 spiro atoms. The Morgan fingerprint density at radius 2 is 1.75 bits per heavy atom. The van der Waals surface area contributed by atoms with Crippen LogP contribution in [0.1, 0.15) is 15.9 Å². The lowest BCUT2D eigenvalue weighted by Crippen LogP contribution is -2.49. The van der Waals surface area contributed by atoms with E-state index in [1.807, 2.05) is 41.3 Å². The second-order valence-corrected chi connectivity index (χ2v) is 6.43. The largest absolute Gasteiger partial charge is 0.353 e. The van der Waals surface area contributed by atoms with E-state index in [1.54, 1.807) is 6.20 Å².